The quantitative estimate of drug-likeness (QED) is 0.634. The van der Waals surface area contributed by atoms with Crippen LogP contribution in [0.4, 0.5) is 0 Å². The zero-order valence-corrected chi connectivity index (χ0v) is 11.6. The summed E-state index contributed by atoms with van der Waals surface area (Å²) in [6.45, 7) is 8.29. The highest BCUT2D eigenvalue weighted by molar-refractivity contribution is 4.79. The predicted molar refractivity (Wildman–Crippen MR) is 72.7 cm³/mol. The van der Waals surface area contributed by atoms with Crippen LogP contribution in [0, 0.1) is 11.8 Å². The fraction of sp³-hybridized carbons (Fsp3) is 1.00. The molecule has 0 aromatic carbocycles. The molecular formula is C15H31N. The van der Waals surface area contributed by atoms with Crippen LogP contribution in [0.5, 0.6) is 0 Å². The number of nitrogens with one attached hydrogen (secondary N) is 1. The molecule has 0 aliphatic heterocycles. The minimum absolute atomic E-state index is 0.822. The van der Waals surface area contributed by atoms with Gasteiger partial charge in [-0.25, -0.2) is 0 Å². The van der Waals surface area contributed by atoms with Gasteiger partial charge in [0.25, 0.3) is 0 Å². The lowest BCUT2D eigenvalue weighted by atomic mass is 9.79. The van der Waals surface area contributed by atoms with Crippen molar-refractivity contribution in [1.82, 2.24) is 5.32 Å². The molecule has 1 aliphatic rings. The minimum atomic E-state index is 0.822. The Morgan fingerprint density at radius 3 is 2.62 bits per heavy atom. The lowest BCUT2D eigenvalue weighted by molar-refractivity contribution is 0.231. The van der Waals surface area contributed by atoms with Crippen molar-refractivity contribution in [2.45, 2.75) is 78.2 Å². The molecule has 16 heavy (non-hydrogen) atoms. The van der Waals surface area contributed by atoms with E-state index in [0.29, 0.717) is 0 Å². The second kappa shape index (κ2) is 8.11. The Labute approximate surface area is 102 Å². The van der Waals surface area contributed by atoms with Crippen LogP contribution < -0.4 is 5.32 Å². The highest BCUT2D eigenvalue weighted by Crippen LogP contribution is 2.29. The first-order valence-electron chi connectivity index (χ1n) is 7.47. The van der Waals surface area contributed by atoms with Crippen LogP contribution in [0.15, 0.2) is 0 Å². The highest BCUT2D eigenvalue weighted by atomic mass is 14.9. The second-order valence-electron chi connectivity index (χ2n) is 5.88. The molecule has 0 spiro atoms. The van der Waals surface area contributed by atoms with Crippen LogP contribution in [-0.2, 0) is 0 Å². The summed E-state index contributed by atoms with van der Waals surface area (Å²) in [4.78, 5) is 0. The van der Waals surface area contributed by atoms with Crippen molar-refractivity contribution in [2.24, 2.45) is 11.8 Å². The van der Waals surface area contributed by atoms with Gasteiger partial charge in [0.05, 0.1) is 0 Å². The summed E-state index contributed by atoms with van der Waals surface area (Å²) in [5, 5.41) is 3.77. The van der Waals surface area contributed by atoms with Crippen LogP contribution in [0.3, 0.4) is 0 Å². The highest BCUT2D eigenvalue weighted by Gasteiger charge is 2.23. The molecule has 1 fully saturated rings. The molecule has 0 heterocycles. The Balaban J connectivity index is 2.07. The molecule has 0 aromatic rings. The molecular weight excluding hydrogens is 194 g/mol. The van der Waals surface area contributed by atoms with Crippen LogP contribution in [0.2, 0.25) is 0 Å². The Morgan fingerprint density at radius 2 is 1.94 bits per heavy atom. The van der Waals surface area contributed by atoms with Gasteiger partial charge in [-0.2, -0.15) is 0 Å². The Hall–Kier alpha value is -0.0400. The Bertz CT molecular complexity index is 165. The third-order valence-electron chi connectivity index (χ3n) is 4.12. The predicted octanol–water partition coefficient (Wildman–Crippen LogP) is 4.37. The summed E-state index contributed by atoms with van der Waals surface area (Å²) in [6.07, 6.45) is 11.3. The van der Waals surface area contributed by atoms with Crippen molar-refractivity contribution in [3.63, 3.8) is 0 Å². The van der Waals surface area contributed by atoms with Crippen molar-refractivity contribution in [3.8, 4) is 0 Å². The summed E-state index contributed by atoms with van der Waals surface area (Å²) in [5.41, 5.74) is 0. The van der Waals surface area contributed by atoms with E-state index in [1.165, 1.54) is 57.9 Å². The maximum absolute atomic E-state index is 3.77. The average Bonchev–Trinajstić information content (AvgIpc) is 2.29. The van der Waals surface area contributed by atoms with Gasteiger partial charge in [0.15, 0.2) is 0 Å². The molecule has 1 aliphatic carbocycles. The summed E-state index contributed by atoms with van der Waals surface area (Å²) < 4.78 is 0. The van der Waals surface area contributed by atoms with Gasteiger partial charge in [0.2, 0.25) is 0 Å². The molecule has 0 bridgehead atoms. The summed E-state index contributed by atoms with van der Waals surface area (Å²) in [5.74, 6) is 1.85. The third kappa shape index (κ3) is 5.34. The van der Waals surface area contributed by atoms with Crippen LogP contribution in [-0.4, -0.2) is 12.6 Å². The van der Waals surface area contributed by atoms with E-state index in [1.807, 2.05) is 0 Å². The monoisotopic (exact) mass is 225 g/mol. The van der Waals surface area contributed by atoms with Gasteiger partial charge < -0.3 is 5.32 Å². The van der Waals surface area contributed by atoms with E-state index in [-0.39, 0.29) is 0 Å². The number of hydrogen-bond acceptors (Lipinski definition) is 1. The molecule has 0 radical (unpaired) electrons. The smallest absolute Gasteiger partial charge is 0.00698 e. The SMILES string of the molecule is CCCCCCNC1CCCC(C(C)C)C1. The van der Waals surface area contributed by atoms with Gasteiger partial charge in [-0.05, 0) is 37.6 Å². The number of unbranched alkanes of at least 4 members (excludes halogenated alkanes) is 3. The van der Waals surface area contributed by atoms with Crippen LogP contribution >= 0.6 is 0 Å². The van der Waals surface area contributed by atoms with Crippen molar-refractivity contribution in [1.29, 1.82) is 0 Å². The van der Waals surface area contributed by atoms with E-state index in [1.54, 1.807) is 0 Å². The molecule has 2 unspecified atom stereocenters. The average molecular weight is 225 g/mol. The van der Waals surface area contributed by atoms with Gasteiger partial charge in [-0.15, -0.1) is 0 Å². The van der Waals surface area contributed by atoms with Gasteiger partial charge in [0.1, 0.15) is 0 Å². The van der Waals surface area contributed by atoms with Crippen molar-refractivity contribution in [3.05, 3.63) is 0 Å². The molecule has 0 aromatic heterocycles. The van der Waals surface area contributed by atoms with E-state index >= 15 is 0 Å². The molecule has 1 nitrogen and oxygen atoms in total. The van der Waals surface area contributed by atoms with Gasteiger partial charge in [0, 0.05) is 6.04 Å². The first-order chi connectivity index (χ1) is 7.74. The fourth-order valence-electron chi connectivity index (χ4n) is 2.88. The summed E-state index contributed by atoms with van der Waals surface area (Å²) in [7, 11) is 0. The standard InChI is InChI=1S/C15H31N/c1-4-5-6-7-11-16-15-10-8-9-14(12-15)13(2)3/h13-16H,4-12H2,1-3H3. The molecule has 1 heteroatoms. The molecule has 0 saturated heterocycles. The molecule has 1 N–H and O–H groups in total. The Morgan fingerprint density at radius 1 is 1.12 bits per heavy atom. The van der Waals surface area contributed by atoms with Crippen LogP contribution in [0.25, 0.3) is 0 Å². The first-order valence-corrected chi connectivity index (χ1v) is 7.47. The van der Waals surface area contributed by atoms with E-state index in [4.69, 9.17) is 0 Å². The van der Waals surface area contributed by atoms with E-state index in [0.717, 1.165) is 17.9 Å². The third-order valence-corrected chi connectivity index (χ3v) is 4.12. The van der Waals surface area contributed by atoms with E-state index in [9.17, 15) is 0 Å². The lowest BCUT2D eigenvalue weighted by Gasteiger charge is -2.32. The number of hydrogen-bond donors (Lipinski definition) is 1. The molecule has 1 rings (SSSR count). The van der Waals surface area contributed by atoms with Crippen molar-refractivity contribution >= 4 is 0 Å². The topological polar surface area (TPSA) is 12.0 Å². The first kappa shape index (κ1) is 14.0. The minimum Gasteiger partial charge on any atom is -0.314 e. The molecule has 96 valence electrons. The van der Waals surface area contributed by atoms with Crippen LogP contribution in [0.1, 0.15) is 72.1 Å². The Kier molecular flexibility index (Phi) is 7.11. The van der Waals surface area contributed by atoms with Gasteiger partial charge in [-0.3, -0.25) is 0 Å². The molecule has 0 amide bonds. The van der Waals surface area contributed by atoms with Crippen molar-refractivity contribution < 1.29 is 0 Å². The molecule has 1 saturated carbocycles. The maximum atomic E-state index is 3.77. The van der Waals surface area contributed by atoms with Gasteiger partial charge >= 0.3 is 0 Å². The van der Waals surface area contributed by atoms with Gasteiger partial charge in [-0.1, -0.05) is 52.9 Å². The zero-order valence-electron chi connectivity index (χ0n) is 11.6. The van der Waals surface area contributed by atoms with Crippen molar-refractivity contribution in [2.75, 3.05) is 6.54 Å². The largest absolute Gasteiger partial charge is 0.314 e. The maximum Gasteiger partial charge on any atom is 0.00698 e. The number of rotatable bonds is 7. The molecule has 2 atom stereocenters. The second-order valence-corrected chi connectivity index (χ2v) is 5.88. The lowest BCUT2D eigenvalue weighted by Crippen LogP contribution is -2.36. The zero-order chi connectivity index (χ0) is 11.8. The van der Waals surface area contributed by atoms with E-state index < -0.39 is 0 Å². The summed E-state index contributed by atoms with van der Waals surface area (Å²) >= 11 is 0. The fourth-order valence-corrected chi connectivity index (χ4v) is 2.88. The van der Waals surface area contributed by atoms with E-state index in [2.05, 4.69) is 26.1 Å². The normalized spacial score (nSPS) is 26.2. The summed E-state index contributed by atoms with van der Waals surface area (Å²) in [6, 6.07) is 0.822.